The Balaban J connectivity index is 1.86. The predicted molar refractivity (Wildman–Crippen MR) is 133 cm³/mol. The fourth-order valence-corrected chi connectivity index (χ4v) is 3.81. The Morgan fingerprint density at radius 1 is 1.12 bits per heavy atom. The van der Waals surface area contributed by atoms with Crippen LogP contribution in [0.5, 0.6) is 5.75 Å². The largest absolute Gasteiger partial charge is 0.488 e. The molecule has 3 rings (SSSR count). The van der Waals surface area contributed by atoms with E-state index in [1.165, 1.54) is 6.08 Å². The predicted octanol–water partition coefficient (Wildman–Crippen LogP) is 7.84. The van der Waals surface area contributed by atoms with Gasteiger partial charge in [-0.2, -0.15) is 5.26 Å². The number of carbonyl (C=O) groups is 1. The van der Waals surface area contributed by atoms with Gasteiger partial charge in [0.2, 0.25) is 0 Å². The van der Waals surface area contributed by atoms with Crippen LogP contribution in [0, 0.1) is 18.3 Å². The average Bonchev–Trinajstić information content (AvgIpc) is 2.75. The summed E-state index contributed by atoms with van der Waals surface area (Å²) in [7, 11) is 0. The summed E-state index contributed by atoms with van der Waals surface area (Å²) in [5.41, 5.74) is 2.47. The first-order valence-electron chi connectivity index (χ1n) is 9.33. The molecular weight excluding hydrogens is 535 g/mol. The van der Waals surface area contributed by atoms with Gasteiger partial charge in [-0.3, -0.25) is 4.79 Å². The van der Waals surface area contributed by atoms with Crippen molar-refractivity contribution in [2.45, 2.75) is 13.5 Å². The van der Waals surface area contributed by atoms with Crippen molar-refractivity contribution >= 4 is 68.4 Å². The summed E-state index contributed by atoms with van der Waals surface area (Å²) in [6, 6.07) is 17.6. The van der Waals surface area contributed by atoms with Gasteiger partial charge in [0.25, 0.3) is 5.91 Å². The molecule has 3 aromatic carbocycles. The quantitative estimate of drug-likeness (QED) is 0.251. The number of rotatable bonds is 6. The maximum Gasteiger partial charge on any atom is 0.266 e. The zero-order valence-corrected chi connectivity index (χ0v) is 20.6. The van der Waals surface area contributed by atoms with E-state index in [4.69, 9.17) is 39.5 Å². The van der Waals surface area contributed by atoms with Gasteiger partial charge in [-0.05, 0) is 61.0 Å². The van der Waals surface area contributed by atoms with Crippen LogP contribution < -0.4 is 10.1 Å². The molecule has 3 aromatic rings. The molecule has 0 heterocycles. The van der Waals surface area contributed by atoms with Crippen LogP contribution in [0.2, 0.25) is 15.1 Å². The van der Waals surface area contributed by atoms with Gasteiger partial charge in [-0.25, -0.2) is 0 Å². The third-order valence-corrected chi connectivity index (χ3v) is 6.04. The molecule has 0 aliphatic rings. The number of anilines is 1. The van der Waals surface area contributed by atoms with E-state index in [2.05, 4.69) is 21.2 Å². The van der Waals surface area contributed by atoms with Crippen molar-refractivity contribution in [3.05, 3.63) is 96.4 Å². The van der Waals surface area contributed by atoms with Gasteiger partial charge in [0, 0.05) is 36.4 Å². The number of nitrogens with zero attached hydrogens (tertiary/aromatic N) is 1. The Kier molecular flexibility index (Phi) is 8.22. The van der Waals surface area contributed by atoms with Crippen molar-refractivity contribution in [3.8, 4) is 11.8 Å². The number of nitriles is 1. The van der Waals surface area contributed by atoms with E-state index in [0.717, 1.165) is 10.0 Å². The Labute approximate surface area is 209 Å². The summed E-state index contributed by atoms with van der Waals surface area (Å²) in [5, 5.41) is 13.9. The molecule has 4 nitrogen and oxygen atoms in total. The molecular formula is C24H16BrCl3N2O2. The van der Waals surface area contributed by atoms with Crippen LogP contribution in [0.1, 0.15) is 16.7 Å². The first kappa shape index (κ1) is 24.2. The van der Waals surface area contributed by atoms with Crippen LogP contribution in [-0.4, -0.2) is 5.91 Å². The van der Waals surface area contributed by atoms with E-state index < -0.39 is 5.91 Å². The molecule has 32 heavy (non-hydrogen) atoms. The highest BCUT2D eigenvalue weighted by Gasteiger charge is 2.14. The summed E-state index contributed by atoms with van der Waals surface area (Å²) in [5.74, 6) is -0.0664. The zero-order valence-electron chi connectivity index (χ0n) is 16.8. The molecule has 1 amide bonds. The lowest BCUT2D eigenvalue weighted by Gasteiger charge is -2.12. The average molecular weight is 551 g/mol. The second-order valence-electron chi connectivity index (χ2n) is 6.74. The standard InChI is InChI=1S/C24H16BrCl3N2O2/c1-14-20(27)3-2-4-22(14)30-24(31)17(12-29)9-16-10-18(25)6-8-23(16)32-13-15-5-7-19(26)11-21(15)28/h2-11H,13H2,1H3,(H,30,31)/b17-9-. The minimum Gasteiger partial charge on any atom is -0.488 e. The topological polar surface area (TPSA) is 62.1 Å². The van der Waals surface area contributed by atoms with Crippen LogP contribution in [0.25, 0.3) is 6.08 Å². The van der Waals surface area contributed by atoms with E-state index in [1.54, 1.807) is 61.5 Å². The Morgan fingerprint density at radius 3 is 2.62 bits per heavy atom. The SMILES string of the molecule is Cc1c(Cl)cccc1NC(=O)/C(C#N)=C\c1cc(Br)ccc1OCc1ccc(Cl)cc1Cl. The monoisotopic (exact) mass is 548 g/mol. The van der Waals surface area contributed by atoms with Crippen molar-refractivity contribution in [3.63, 3.8) is 0 Å². The summed E-state index contributed by atoms with van der Waals surface area (Å²) in [4.78, 5) is 12.7. The van der Waals surface area contributed by atoms with Crippen molar-refractivity contribution in [2.24, 2.45) is 0 Å². The number of amides is 1. The lowest BCUT2D eigenvalue weighted by Crippen LogP contribution is -2.14. The molecule has 0 bridgehead atoms. The molecule has 0 fully saturated rings. The minimum absolute atomic E-state index is 0.0862. The third kappa shape index (κ3) is 6.05. The molecule has 0 aliphatic heterocycles. The number of nitrogens with one attached hydrogen (secondary N) is 1. The number of halogens is 4. The van der Waals surface area contributed by atoms with Gasteiger partial charge in [-0.15, -0.1) is 0 Å². The van der Waals surface area contributed by atoms with E-state index in [0.29, 0.717) is 37.6 Å². The molecule has 0 saturated heterocycles. The number of benzene rings is 3. The number of ether oxygens (including phenoxy) is 1. The Bertz CT molecular complexity index is 1250. The number of hydrogen-bond acceptors (Lipinski definition) is 3. The first-order chi connectivity index (χ1) is 15.3. The summed E-state index contributed by atoms with van der Waals surface area (Å²) < 4.78 is 6.69. The van der Waals surface area contributed by atoms with Gasteiger partial charge in [0.05, 0.1) is 0 Å². The maximum absolute atomic E-state index is 12.7. The van der Waals surface area contributed by atoms with Crippen LogP contribution in [0.15, 0.2) is 64.6 Å². The molecule has 0 atom stereocenters. The second kappa shape index (κ2) is 10.9. The van der Waals surface area contributed by atoms with Gasteiger partial charge in [-0.1, -0.05) is 62.9 Å². The maximum atomic E-state index is 12.7. The molecule has 0 aliphatic carbocycles. The van der Waals surface area contributed by atoms with E-state index in [-0.39, 0.29) is 12.2 Å². The lowest BCUT2D eigenvalue weighted by atomic mass is 10.1. The summed E-state index contributed by atoms with van der Waals surface area (Å²) in [6.07, 6.45) is 1.47. The van der Waals surface area contributed by atoms with Gasteiger partial charge in [0.1, 0.15) is 24.0 Å². The Hall–Kier alpha value is -2.49. The molecule has 0 unspecified atom stereocenters. The van der Waals surface area contributed by atoms with E-state index in [9.17, 15) is 10.1 Å². The van der Waals surface area contributed by atoms with Crippen LogP contribution in [0.3, 0.4) is 0 Å². The molecule has 0 radical (unpaired) electrons. The van der Waals surface area contributed by atoms with E-state index in [1.807, 2.05) is 6.07 Å². The highest BCUT2D eigenvalue weighted by Crippen LogP contribution is 2.29. The number of hydrogen-bond donors (Lipinski definition) is 1. The second-order valence-corrected chi connectivity index (χ2v) is 8.91. The first-order valence-corrected chi connectivity index (χ1v) is 11.3. The van der Waals surface area contributed by atoms with Gasteiger partial charge >= 0.3 is 0 Å². The summed E-state index contributed by atoms with van der Waals surface area (Å²) >= 11 is 21.7. The third-order valence-electron chi connectivity index (χ3n) is 4.55. The Morgan fingerprint density at radius 2 is 1.91 bits per heavy atom. The molecule has 0 saturated carbocycles. The van der Waals surface area contributed by atoms with Crippen molar-refractivity contribution in [1.82, 2.24) is 0 Å². The molecule has 0 aromatic heterocycles. The smallest absolute Gasteiger partial charge is 0.266 e. The van der Waals surface area contributed by atoms with Crippen molar-refractivity contribution in [1.29, 1.82) is 5.26 Å². The normalized spacial score (nSPS) is 11.1. The van der Waals surface area contributed by atoms with Crippen LogP contribution in [-0.2, 0) is 11.4 Å². The lowest BCUT2D eigenvalue weighted by molar-refractivity contribution is -0.112. The molecule has 162 valence electrons. The van der Waals surface area contributed by atoms with Crippen LogP contribution in [0.4, 0.5) is 5.69 Å². The van der Waals surface area contributed by atoms with Crippen LogP contribution >= 0.6 is 50.7 Å². The summed E-state index contributed by atoms with van der Waals surface area (Å²) in [6.45, 7) is 1.98. The van der Waals surface area contributed by atoms with Gasteiger partial charge in [0.15, 0.2) is 0 Å². The van der Waals surface area contributed by atoms with Gasteiger partial charge < -0.3 is 10.1 Å². The number of carbonyl (C=O) groups excluding carboxylic acids is 1. The highest BCUT2D eigenvalue weighted by atomic mass is 79.9. The zero-order chi connectivity index (χ0) is 23.3. The fraction of sp³-hybridized carbons (Fsp3) is 0.0833. The van der Waals surface area contributed by atoms with Crippen molar-refractivity contribution in [2.75, 3.05) is 5.32 Å². The minimum atomic E-state index is -0.551. The van der Waals surface area contributed by atoms with Crippen molar-refractivity contribution < 1.29 is 9.53 Å². The fourth-order valence-electron chi connectivity index (χ4n) is 2.79. The van der Waals surface area contributed by atoms with E-state index >= 15 is 0 Å². The molecule has 8 heteroatoms. The highest BCUT2D eigenvalue weighted by molar-refractivity contribution is 9.10. The molecule has 1 N–H and O–H groups in total. The molecule has 0 spiro atoms.